The third-order valence-corrected chi connectivity index (χ3v) is 3.19. The van der Waals surface area contributed by atoms with Gasteiger partial charge in [0.05, 0.1) is 0 Å². The van der Waals surface area contributed by atoms with Gasteiger partial charge in [-0.1, -0.05) is 18.5 Å². The van der Waals surface area contributed by atoms with Crippen molar-refractivity contribution in [2.75, 3.05) is 6.07 Å². The van der Waals surface area contributed by atoms with E-state index in [1.807, 2.05) is 6.92 Å². The van der Waals surface area contributed by atoms with Crippen LogP contribution in [0.3, 0.4) is 0 Å². The van der Waals surface area contributed by atoms with E-state index in [9.17, 15) is 9.59 Å². The van der Waals surface area contributed by atoms with Crippen LogP contribution in [0.1, 0.15) is 47.0 Å². The lowest BCUT2D eigenvalue weighted by Crippen LogP contribution is -2.54. The molecule has 1 aliphatic rings. The number of halogens is 1. The van der Waals surface area contributed by atoms with Gasteiger partial charge in [-0.05, 0) is 46.0 Å². The van der Waals surface area contributed by atoms with Gasteiger partial charge < -0.3 is 14.8 Å². The van der Waals surface area contributed by atoms with Crippen LogP contribution in [0.25, 0.3) is 0 Å². The van der Waals surface area contributed by atoms with Gasteiger partial charge in [0, 0.05) is 0 Å². The van der Waals surface area contributed by atoms with Crippen LogP contribution in [0.2, 0.25) is 0 Å². The van der Waals surface area contributed by atoms with E-state index >= 15 is 0 Å². The van der Waals surface area contributed by atoms with Crippen LogP contribution >= 0.6 is 11.6 Å². The fourth-order valence-corrected chi connectivity index (χ4v) is 2.43. The zero-order valence-electron chi connectivity index (χ0n) is 11.9. The van der Waals surface area contributed by atoms with Gasteiger partial charge >= 0.3 is 12.1 Å². The molecule has 0 radical (unpaired) electrons. The Morgan fingerprint density at radius 3 is 2.47 bits per heavy atom. The quantitative estimate of drug-likeness (QED) is 0.641. The number of carbonyl (C=O) groups excluding carboxylic acids is 2. The molecule has 0 aromatic heterocycles. The molecule has 0 bridgehead atoms. The molecule has 1 aliphatic carbocycles. The maximum Gasteiger partial charge on any atom is 0.408 e. The first-order chi connectivity index (χ1) is 8.68. The summed E-state index contributed by atoms with van der Waals surface area (Å²) in [4.78, 5) is 23.9. The fourth-order valence-electron chi connectivity index (χ4n) is 2.33. The molecule has 5 nitrogen and oxygen atoms in total. The zero-order valence-corrected chi connectivity index (χ0v) is 12.7. The Morgan fingerprint density at radius 1 is 1.42 bits per heavy atom. The lowest BCUT2D eigenvalue weighted by atomic mass is 9.96. The molecule has 1 rings (SSSR count). The van der Waals surface area contributed by atoms with Crippen molar-refractivity contribution in [3.8, 4) is 0 Å². The van der Waals surface area contributed by atoms with Crippen LogP contribution in [-0.4, -0.2) is 29.3 Å². The van der Waals surface area contributed by atoms with E-state index in [1.165, 1.54) is 0 Å². The molecule has 110 valence electrons. The number of amides is 1. The fraction of sp³-hybridized carbons (Fsp3) is 0.846. The van der Waals surface area contributed by atoms with E-state index in [-0.39, 0.29) is 6.07 Å². The predicted molar refractivity (Wildman–Crippen MR) is 71.9 cm³/mol. The summed E-state index contributed by atoms with van der Waals surface area (Å²) in [6.45, 7) is 7.35. The van der Waals surface area contributed by atoms with Gasteiger partial charge in [0.25, 0.3) is 0 Å². The molecule has 2 unspecified atom stereocenters. The molecule has 2 atom stereocenters. The van der Waals surface area contributed by atoms with Crippen molar-refractivity contribution in [1.82, 2.24) is 5.32 Å². The summed E-state index contributed by atoms with van der Waals surface area (Å²) < 4.78 is 10.1. The summed E-state index contributed by atoms with van der Waals surface area (Å²) in [5, 5.41) is 2.67. The summed E-state index contributed by atoms with van der Waals surface area (Å²) in [6.07, 6.45) is 1.34. The average molecular weight is 292 g/mol. The van der Waals surface area contributed by atoms with Gasteiger partial charge in [-0.3, -0.25) is 0 Å². The molecule has 0 spiro atoms. The van der Waals surface area contributed by atoms with Crippen molar-refractivity contribution >= 4 is 23.7 Å². The lowest BCUT2D eigenvalue weighted by molar-refractivity contribution is -0.149. The van der Waals surface area contributed by atoms with E-state index in [0.717, 1.165) is 6.42 Å². The van der Waals surface area contributed by atoms with Gasteiger partial charge in [0.1, 0.15) is 11.1 Å². The molecule has 1 amide bonds. The van der Waals surface area contributed by atoms with Crippen molar-refractivity contribution in [2.24, 2.45) is 5.92 Å². The molecule has 0 aliphatic heterocycles. The first-order valence-electron chi connectivity index (χ1n) is 6.43. The van der Waals surface area contributed by atoms with Crippen LogP contribution in [0.5, 0.6) is 0 Å². The van der Waals surface area contributed by atoms with E-state index in [4.69, 9.17) is 21.1 Å². The SMILES string of the molecule is CC1CCC(NC(=O)OC(C)(C)C)(C(=O)OCCl)C1. The first kappa shape index (κ1) is 16.1. The van der Waals surface area contributed by atoms with Crippen LogP contribution in [0, 0.1) is 5.92 Å². The number of hydrogen-bond acceptors (Lipinski definition) is 4. The maximum absolute atomic E-state index is 12.0. The third-order valence-electron chi connectivity index (χ3n) is 3.08. The van der Waals surface area contributed by atoms with Crippen LogP contribution in [0.15, 0.2) is 0 Å². The molecule has 0 aromatic rings. The van der Waals surface area contributed by atoms with Gasteiger partial charge in [0.15, 0.2) is 6.07 Å². The normalized spacial score (nSPS) is 26.9. The summed E-state index contributed by atoms with van der Waals surface area (Å²) >= 11 is 5.43. The Labute approximate surface area is 119 Å². The monoisotopic (exact) mass is 291 g/mol. The van der Waals surface area contributed by atoms with Crippen molar-refractivity contribution in [1.29, 1.82) is 0 Å². The minimum absolute atomic E-state index is 0.217. The highest BCUT2D eigenvalue weighted by Crippen LogP contribution is 2.35. The Kier molecular flexibility index (Phi) is 5.07. The molecule has 0 saturated heterocycles. The highest BCUT2D eigenvalue weighted by Gasteiger charge is 2.47. The van der Waals surface area contributed by atoms with Crippen molar-refractivity contribution in [3.05, 3.63) is 0 Å². The second kappa shape index (κ2) is 5.99. The second-order valence-corrected chi connectivity index (χ2v) is 6.32. The number of alkyl halides is 1. The topological polar surface area (TPSA) is 64.6 Å². The molecule has 1 N–H and O–H groups in total. The van der Waals surface area contributed by atoms with Gasteiger partial charge in [-0.15, -0.1) is 0 Å². The van der Waals surface area contributed by atoms with Gasteiger partial charge in [-0.25, -0.2) is 9.59 Å². The standard InChI is InChI=1S/C13H22ClNO4/c1-9-5-6-13(7-9,10(16)18-8-14)15-11(17)19-12(2,3)4/h9H,5-8H2,1-4H3,(H,15,17). The largest absolute Gasteiger partial charge is 0.448 e. The van der Waals surface area contributed by atoms with Gasteiger partial charge in [-0.2, -0.15) is 0 Å². The lowest BCUT2D eigenvalue weighted by Gasteiger charge is -2.29. The Bertz CT molecular complexity index is 353. The van der Waals surface area contributed by atoms with E-state index < -0.39 is 23.2 Å². The summed E-state index contributed by atoms with van der Waals surface area (Å²) in [5.41, 5.74) is -1.61. The van der Waals surface area contributed by atoms with E-state index in [1.54, 1.807) is 20.8 Å². The van der Waals surface area contributed by atoms with E-state index in [2.05, 4.69) is 5.32 Å². The first-order valence-corrected chi connectivity index (χ1v) is 6.96. The maximum atomic E-state index is 12.0. The minimum Gasteiger partial charge on any atom is -0.448 e. The Morgan fingerprint density at radius 2 is 2.05 bits per heavy atom. The molecule has 1 fully saturated rings. The summed E-state index contributed by atoms with van der Waals surface area (Å²) in [5.74, 6) is -0.143. The molecule has 6 heteroatoms. The molecule has 19 heavy (non-hydrogen) atoms. The van der Waals surface area contributed by atoms with E-state index in [0.29, 0.717) is 18.8 Å². The third kappa shape index (κ3) is 4.56. The minimum atomic E-state index is -1.00. The van der Waals surface area contributed by atoms with Crippen molar-refractivity contribution in [3.63, 3.8) is 0 Å². The van der Waals surface area contributed by atoms with Crippen LogP contribution < -0.4 is 5.32 Å². The highest BCUT2D eigenvalue weighted by molar-refractivity contribution is 6.17. The molecule has 0 aromatic carbocycles. The Balaban J connectivity index is 2.76. The van der Waals surface area contributed by atoms with Crippen molar-refractivity contribution in [2.45, 2.75) is 58.1 Å². The number of ether oxygens (including phenoxy) is 2. The molecular weight excluding hydrogens is 270 g/mol. The number of esters is 1. The number of carbonyl (C=O) groups is 2. The molecule has 0 heterocycles. The highest BCUT2D eigenvalue weighted by atomic mass is 35.5. The summed E-state index contributed by atoms with van der Waals surface area (Å²) in [7, 11) is 0. The zero-order chi connectivity index (χ0) is 14.7. The van der Waals surface area contributed by atoms with Crippen molar-refractivity contribution < 1.29 is 19.1 Å². The Hall–Kier alpha value is -0.970. The molecular formula is C13H22ClNO4. The second-order valence-electron chi connectivity index (χ2n) is 6.10. The number of alkyl carbamates (subject to hydrolysis) is 1. The molecule has 1 saturated carbocycles. The summed E-state index contributed by atoms with van der Waals surface area (Å²) in [6, 6.07) is -0.217. The van der Waals surface area contributed by atoms with Crippen LogP contribution in [0.4, 0.5) is 4.79 Å². The van der Waals surface area contributed by atoms with Crippen LogP contribution in [-0.2, 0) is 14.3 Å². The number of nitrogens with one attached hydrogen (secondary N) is 1. The number of rotatable bonds is 3. The number of hydrogen-bond donors (Lipinski definition) is 1. The predicted octanol–water partition coefficient (Wildman–Crippen LogP) is 2.81. The van der Waals surface area contributed by atoms with Gasteiger partial charge in [0.2, 0.25) is 0 Å². The average Bonchev–Trinajstić information content (AvgIpc) is 2.58. The smallest absolute Gasteiger partial charge is 0.408 e.